The molecule has 0 radical (unpaired) electrons. The van der Waals surface area contributed by atoms with Crippen LogP contribution in [0.5, 0.6) is 0 Å². The number of nitrogens with zero attached hydrogens (tertiary/aromatic N) is 1. The highest BCUT2D eigenvalue weighted by Gasteiger charge is 2.42. The summed E-state index contributed by atoms with van der Waals surface area (Å²) in [5.41, 5.74) is -0.536. The normalized spacial score (nSPS) is 17.2. The van der Waals surface area contributed by atoms with Gasteiger partial charge in [-0.2, -0.15) is 0 Å². The summed E-state index contributed by atoms with van der Waals surface area (Å²) in [6.07, 6.45) is 0. The first kappa shape index (κ1) is 17.8. The van der Waals surface area contributed by atoms with E-state index in [0.29, 0.717) is 37.4 Å². The number of carbonyl (C=O) groups is 2. The number of hydrogen-bond acceptors (Lipinski definition) is 3. The van der Waals surface area contributed by atoms with E-state index in [0.717, 1.165) is 0 Å². The Kier molecular flexibility index (Phi) is 6.01. The van der Waals surface area contributed by atoms with Gasteiger partial charge in [-0.25, -0.2) is 9.59 Å². The van der Waals surface area contributed by atoms with Gasteiger partial charge in [-0.05, 0) is 24.7 Å². The summed E-state index contributed by atoms with van der Waals surface area (Å²) < 4.78 is 5.29. The largest absolute Gasteiger partial charge is 0.480 e. The number of carboxylic acids is 1. The van der Waals surface area contributed by atoms with Gasteiger partial charge in [0.15, 0.2) is 0 Å². The summed E-state index contributed by atoms with van der Waals surface area (Å²) in [4.78, 5) is 24.2. The predicted molar refractivity (Wildman–Crippen MR) is 80.1 cm³/mol. The van der Waals surface area contributed by atoms with Crippen molar-refractivity contribution >= 4 is 12.0 Å². The Morgan fingerprint density at radius 1 is 1.24 bits per heavy atom. The van der Waals surface area contributed by atoms with Crippen LogP contribution in [0.3, 0.4) is 0 Å². The van der Waals surface area contributed by atoms with Gasteiger partial charge in [0.05, 0.1) is 13.1 Å². The molecule has 1 heterocycles. The maximum absolute atomic E-state index is 12.0. The third-order valence-corrected chi connectivity index (χ3v) is 4.08. The van der Waals surface area contributed by atoms with E-state index in [-0.39, 0.29) is 12.6 Å². The molecule has 0 spiro atoms. The van der Waals surface area contributed by atoms with Crippen LogP contribution in [0.1, 0.15) is 34.6 Å². The Hall–Kier alpha value is -1.30. The number of aliphatic carboxylic acids is 1. The lowest BCUT2D eigenvalue weighted by molar-refractivity contribution is -0.159. The molecule has 0 unspecified atom stereocenters. The number of ether oxygens (including phenoxy) is 1. The zero-order valence-corrected chi connectivity index (χ0v) is 13.7. The number of likely N-dealkylation sites (tertiary alicyclic amines) is 1. The number of carbonyl (C=O) groups excluding carboxylic acids is 1. The minimum Gasteiger partial charge on any atom is -0.480 e. The zero-order chi connectivity index (χ0) is 16.2. The fourth-order valence-corrected chi connectivity index (χ4v) is 2.79. The van der Waals surface area contributed by atoms with Crippen molar-refractivity contribution in [1.82, 2.24) is 10.2 Å². The second-order valence-electron chi connectivity index (χ2n) is 6.83. The maximum atomic E-state index is 12.0. The van der Waals surface area contributed by atoms with E-state index < -0.39 is 11.6 Å². The lowest BCUT2D eigenvalue weighted by Gasteiger charge is -2.47. The van der Waals surface area contributed by atoms with Crippen molar-refractivity contribution in [2.45, 2.75) is 40.2 Å². The second kappa shape index (κ2) is 7.11. The van der Waals surface area contributed by atoms with Crippen molar-refractivity contribution in [2.75, 3.05) is 26.2 Å². The highest BCUT2D eigenvalue weighted by molar-refractivity contribution is 5.75. The van der Waals surface area contributed by atoms with E-state index in [1.54, 1.807) is 4.90 Å². The second-order valence-corrected chi connectivity index (χ2v) is 6.83. The summed E-state index contributed by atoms with van der Waals surface area (Å²) in [7, 11) is 0. The van der Waals surface area contributed by atoms with Crippen LogP contribution in [0.25, 0.3) is 0 Å². The van der Waals surface area contributed by atoms with Crippen molar-refractivity contribution in [1.29, 1.82) is 0 Å². The molecule has 2 amide bonds. The molecule has 0 aromatic heterocycles. The van der Waals surface area contributed by atoms with E-state index >= 15 is 0 Å². The first-order valence-corrected chi connectivity index (χ1v) is 7.53. The first-order chi connectivity index (χ1) is 9.64. The number of amides is 2. The van der Waals surface area contributed by atoms with Gasteiger partial charge in [0.25, 0.3) is 0 Å². The minimum atomic E-state index is -0.990. The molecule has 1 saturated heterocycles. The molecule has 1 aliphatic rings. The Labute approximate surface area is 126 Å². The lowest BCUT2D eigenvalue weighted by atomic mass is 9.85. The van der Waals surface area contributed by atoms with E-state index in [4.69, 9.17) is 9.84 Å². The monoisotopic (exact) mass is 300 g/mol. The summed E-state index contributed by atoms with van der Waals surface area (Å²) in [6, 6.07) is -0.0994. The molecule has 122 valence electrons. The molecule has 0 saturated carbocycles. The van der Waals surface area contributed by atoms with Crippen LogP contribution < -0.4 is 5.32 Å². The van der Waals surface area contributed by atoms with Crippen LogP contribution in [-0.2, 0) is 9.53 Å². The zero-order valence-electron chi connectivity index (χ0n) is 13.7. The molecule has 0 aliphatic carbocycles. The molecule has 0 aromatic rings. The van der Waals surface area contributed by atoms with Gasteiger partial charge in [-0.3, -0.25) is 0 Å². The number of nitrogens with one attached hydrogen (secondary N) is 1. The van der Waals surface area contributed by atoms with E-state index in [1.807, 2.05) is 6.92 Å². The smallest absolute Gasteiger partial charge is 0.329 e. The van der Waals surface area contributed by atoms with E-state index in [1.165, 1.54) is 0 Å². The molecule has 21 heavy (non-hydrogen) atoms. The Morgan fingerprint density at radius 3 is 2.19 bits per heavy atom. The lowest BCUT2D eigenvalue weighted by Crippen LogP contribution is -2.65. The molecule has 6 heteroatoms. The molecule has 6 nitrogen and oxygen atoms in total. The molecule has 1 fully saturated rings. The third-order valence-electron chi connectivity index (χ3n) is 4.08. The Bertz CT molecular complexity index is 368. The summed E-state index contributed by atoms with van der Waals surface area (Å²) in [5.74, 6) is 0.498. The molecule has 1 rings (SSSR count). The quantitative estimate of drug-likeness (QED) is 0.751. The Balaban J connectivity index is 2.34. The predicted octanol–water partition coefficient (Wildman–Crippen LogP) is 1.80. The molecular formula is C15H28N2O4. The molecule has 0 aromatic carbocycles. The van der Waals surface area contributed by atoms with Crippen molar-refractivity contribution in [2.24, 2.45) is 17.8 Å². The molecular weight excluding hydrogens is 272 g/mol. The third kappa shape index (κ3) is 5.19. The number of rotatable bonds is 7. The molecule has 0 atom stereocenters. The van der Waals surface area contributed by atoms with Gasteiger partial charge < -0.3 is 20.1 Å². The number of urea groups is 1. The molecule has 2 N–H and O–H groups in total. The molecule has 0 bridgehead atoms. The van der Waals surface area contributed by atoms with Crippen molar-refractivity contribution in [3.8, 4) is 0 Å². The maximum Gasteiger partial charge on any atom is 0.329 e. The highest BCUT2D eigenvalue weighted by Crippen LogP contribution is 2.25. The first-order valence-electron chi connectivity index (χ1n) is 7.53. The van der Waals surface area contributed by atoms with Gasteiger partial charge in [0.1, 0.15) is 12.2 Å². The summed E-state index contributed by atoms with van der Waals surface area (Å²) in [5, 5.41) is 11.6. The highest BCUT2D eigenvalue weighted by atomic mass is 16.5. The number of carboxylic acid groups (broad SMARTS) is 1. The van der Waals surface area contributed by atoms with Crippen LogP contribution in [0.15, 0.2) is 0 Å². The SMILES string of the molecule is CC(C)C(CNC(=O)N1CC(C)(OCC(=O)O)C1)C(C)C. The fourth-order valence-electron chi connectivity index (χ4n) is 2.79. The van der Waals surface area contributed by atoms with Crippen LogP contribution in [-0.4, -0.2) is 53.8 Å². The van der Waals surface area contributed by atoms with Crippen LogP contribution in [0.2, 0.25) is 0 Å². The number of hydrogen-bond donors (Lipinski definition) is 2. The van der Waals surface area contributed by atoms with E-state index in [2.05, 4.69) is 33.0 Å². The minimum absolute atomic E-state index is 0.0994. The van der Waals surface area contributed by atoms with Crippen molar-refractivity contribution < 1.29 is 19.4 Å². The van der Waals surface area contributed by atoms with Crippen LogP contribution >= 0.6 is 0 Å². The van der Waals surface area contributed by atoms with Gasteiger partial charge >= 0.3 is 12.0 Å². The van der Waals surface area contributed by atoms with Crippen molar-refractivity contribution in [3.63, 3.8) is 0 Å². The average molecular weight is 300 g/mol. The topological polar surface area (TPSA) is 78.9 Å². The standard InChI is InChI=1S/C15H28N2O4/c1-10(2)12(11(3)4)6-16-14(20)17-8-15(5,9-17)21-7-13(18)19/h10-12H,6-9H2,1-5H3,(H,16,20)(H,18,19). The van der Waals surface area contributed by atoms with E-state index in [9.17, 15) is 9.59 Å². The van der Waals surface area contributed by atoms with Gasteiger partial charge in [-0.1, -0.05) is 27.7 Å². The fraction of sp³-hybridized carbons (Fsp3) is 0.867. The van der Waals surface area contributed by atoms with Gasteiger partial charge in [-0.15, -0.1) is 0 Å². The summed E-state index contributed by atoms with van der Waals surface area (Å²) in [6.45, 7) is 11.7. The molecule has 1 aliphatic heterocycles. The van der Waals surface area contributed by atoms with Gasteiger partial charge in [0, 0.05) is 6.54 Å². The van der Waals surface area contributed by atoms with Crippen LogP contribution in [0, 0.1) is 17.8 Å². The van der Waals surface area contributed by atoms with Crippen LogP contribution in [0.4, 0.5) is 4.79 Å². The van der Waals surface area contributed by atoms with Gasteiger partial charge in [0.2, 0.25) is 0 Å². The summed E-state index contributed by atoms with van der Waals surface area (Å²) >= 11 is 0. The van der Waals surface area contributed by atoms with Crippen molar-refractivity contribution in [3.05, 3.63) is 0 Å². The average Bonchev–Trinajstić information content (AvgIpc) is 2.32. The Morgan fingerprint density at radius 2 is 1.76 bits per heavy atom.